The summed E-state index contributed by atoms with van der Waals surface area (Å²) in [5.74, 6) is -1.32. The number of phenolic OH excluding ortho intramolecular Hbond substituents is 1. The molecule has 2 aromatic carbocycles. The third kappa shape index (κ3) is 6.54. The number of fused-ring (bicyclic) bond motifs is 1. The monoisotopic (exact) mass is 638 g/mol. The lowest BCUT2D eigenvalue weighted by Gasteiger charge is -2.42. The number of carbonyl (C=O) groups excluding carboxylic acids is 1. The molecule has 248 valence electrons. The second-order valence-electron chi connectivity index (χ2n) is 11.2. The number of aliphatic hydroxyl groups excluding tert-OH is 6. The summed E-state index contributed by atoms with van der Waals surface area (Å²) in [4.78, 5) is 13.4. The van der Waals surface area contributed by atoms with Gasteiger partial charge >= 0.3 is 0 Å². The van der Waals surface area contributed by atoms with E-state index in [1.807, 2.05) is 12.1 Å². The molecule has 0 amide bonds. The van der Waals surface area contributed by atoms with Gasteiger partial charge in [-0.1, -0.05) is 12.1 Å². The Morgan fingerprint density at radius 2 is 1.51 bits per heavy atom. The van der Waals surface area contributed by atoms with E-state index in [-0.39, 0.29) is 35.2 Å². The molecule has 45 heavy (non-hydrogen) atoms. The number of Topliss-reactive ketones (excluding diaryl/α,β-unsaturated/α-hetero) is 1. The Labute approximate surface area is 258 Å². The highest BCUT2D eigenvalue weighted by Crippen LogP contribution is 2.48. The molecule has 2 aromatic rings. The van der Waals surface area contributed by atoms with Crippen LogP contribution in [0.5, 0.6) is 28.7 Å². The SMILES string of the molecule is COc1ccc(CC2COc3cc(O[C@@H]4O[C@H](CO[C@@H]5O[C@@H](C)[C@H](O)[C@@H](O)[C@H]5O)[C@@H](O)[C@H](O)[C@H]4O)c(OC)c(O)c3C2=O)cc1. The zero-order valence-electron chi connectivity index (χ0n) is 24.8. The lowest BCUT2D eigenvalue weighted by molar-refractivity contribution is -0.318. The summed E-state index contributed by atoms with van der Waals surface area (Å²) >= 11 is 0. The van der Waals surface area contributed by atoms with Gasteiger partial charge in [-0.15, -0.1) is 0 Å². The van der Waals surface area contributed by atoms with Gasteiger partial charge < -0.3 is 68.9 Å². The van der Waals surface area contributed by atoms with Gasteiger partial charge in [-0.2, -0.15) is 0 Å². The van der Waals surface area contributed by atoms with Gasteiger partial charge in [-0.05, 0) is 31.0 Å². The fourth-order valence-electron chi connectivity index (χ4n) is 5.53. The normalized spacial score (nSPS) is 34.9. The van der Waals surface area contributed by atoms with Crippen molar-refractivity contribution in [1.29, 1.82) is 0 Å². The number of aliphatic hydroxyl groups is 6. The van der Waals surface area contributed by atoms with Crippen LogP contribution in [-0.2, 0) is 20.6 Å². The largest absolute Gasteiger partial charge is 0.504 e. The summed E-state index contributed by atoms with van der Waals surface area (Å²) in [6, 6.07) is 8.50. The van der Waals surface area contributed by atoms with E-state index in [9.17, 15) is 40.5 Å². The zero-order valence-corrected chi connectivity index (χ0v) is 24.8. The van der Waals surface area contributed by atoms with E-state index >= 15 is 0 Å². The quantitative estimate of drug-likeness (QED) is 0.173. The maximum atomic E-state index is 13.4. The molecule has 2 fully saturated rings. The molecule has 0 saturated carbocycles. The van der Waals surface area contributed by atoms with E-state index in [1.54, 1.807) is 19.2 Å². The van der Waals surface area contributed by atoms with Crippen molar-refractivity contribution in [3.63, 3.8) is 0 Å². The number of hydrogen-bond donors (Lipinski definition) is 7. The van der Waals surface area contributed by atoms with Crippen molar-refractivity contribution < 1.29 is 73.7 Å². The van der Waals surface area contributed by atoms with Crippen molar-refractivity contribution in [3.05, 3.63) is 41.5 Å². The standard InChI is InChI=1S/C30H38O15/c1-12-20(31)24(35)26(37)29(43-12)42-11-18-22(33)25(36)27(38)30(45-18)44-17-9-16-19(23(34)28(17)40-3)21(32)14(10-41-16)8-13-4-6-15(39-2)7-5-13/h4-7,9,12,14,18,20,22,24-27,29-31,33-38H,8,10-11H2,1-3H3/t12-,14?,18+,20-,22+,24+,25-,26+,27+,29+,30+/m0/s1. The average molecular weight is 639 g/mol. The summed E-state index contributed by atoms with van der Waals surface area (Å²) in [5.41, 5.74) is 0.756. The highest BCUT2D eigenvalue weighted by Gasteiger charge is 2.48. The maximum absolute atomic E-state index is 13.4. The van der Waals surface area contributed by atoms with Crippen LogP contribution < -0.4 is 18.9 Å². The van der Waals surface area contributed by atoms with Crippen LogP contribution in [0.25, 0.3) is 0 Å². The van der Waals surface area contributed by atoms with Gasteiger partial charge in [0.05, 0.1) is 39.5 Å². The Bertz CT molecular complexity index is 1340. The molecule has 0 radical (unpaired) electrons. The fourth-order valence-corrected chi connectivity index (χ4v) is 5.53. The molecule has 0 aromatic heterocycles. The Kier molecular flexibility index (Phi) is 10.0. The first-order valence-corrected chi connectivity index (χ1v) is 14.4. The van der Waals surface area contributed by atoms with E-state index in [0.29, 0.717) is 12.2 Å². The Balaban J connectivity index is 1.31. The number of carbonyl (C=O) groups is 1. The summed E-state index contributed by atoms with van der Waals surface area (Å²) in [6.45, 7) is 0.975. The van der Waals surface area contributed by atoms with Crippen LogP contribution >= 0.6 is 0 Å². The summed E-state index contributed by atoms with van der Waals surface area (Å²) < 4.78 is 38.7. The highest BCUT2D eigenvalue weighted by molar-refractivity contribution is 6.05. The zero-order chi connectivity index (χ0) is 32.6. The number of methoxy groups -OCH3 is 2. The summed E-state index contributed by atoms with van der Waals surface area (Å²) in [6.07, 6.45) is -14.7. The third-order valence-electron chi connectivity index (χ3n) is 8.23. The Hall–Kier alpha value is -3.25. The van der Waals surface area contributed by atoms with Crippen LogP contribution in [0.3, 0.4) is 0 Å². The number of benzene rings is 2. The molecule has 3 aliphatic heterocycles. The lowest BCUT2D eigenvalue weighted by atomic mass is 9.89. The predicted molar refractivity (Wildman–Crippen MR) is 150 cm³/mol. The van der Waals surface area contributed by atoms with Gasteiger partial charge in [0.15, 0.2) is 23.6 Å². The smallest absolute Gasteiger partial charge is 0.229 e. The number of ether oxygens (including phenoxy) is 7. The van der Waals surface area contributed by atoms with Gasteiger partial charge in [0.25, 0.3) is 0 Å². The third-order valence-corrected chi connectivity index (χ3v) is 8.23. The summed E-state index contributed by atoms with van der Waals surface area (Å²) in [5, 5.41) is 72.9. The highest BCUT2D eigenvalue weighted by atomic mass is 16.7. The van der Waals surface area contributed by atoms with Crippen molar-refractivity contribution in [2.75, 3.05) is 27.4 Å². The Morgan fingerprint density at radius 1 is 0.844 bits per heavy atom. The first-order chi connectivity index (χ1) is 21.4. The fraction of sp³-hybridized carbons (Fsp3) is 0.567. The van der Waals surface area contributed by atoms with Gasteiger partial charge in [-0.25, -0.2) is 0 Å². The minimum atomic E-state index is -1.79. The first kappa shape index (κ1) is 33.1. The molecular formula is C30H38O15. The van der Waals surface area contributed by atoms with Gasteiger partial charge in [0.1, 0.15) is 59.8 Å². The van der Waals surface area contributed by atoms with Gasteiger partial charge in [0, 0.05) is 6.07 Å². The minimum Gasteiger partial charge on any atom is -0.504 e. The molecule has 0 spiro atoms. The van der Waals surface area contributed by atoms with Gasteiger partial charge in [0.2, 0.25) is 12.0 Å². The topological polar surface area (TPSA) is 223 Å². The molecule has 5 rings (SSSR count). The van der Waals surface area contributed by atoms with Gasteiger partial charge in [-0.3, -0.25) is 4.79 Å². The molecule has 1 unspecified atom stereocenters. The van der Waals surface area contributed by atoms with Crippen molar-refractivity contribution in [1.82, 2.24) is 0 Å². The second kappa shape index (κ2) is 13.6. The number of phenols is 1. The average Bonchev–Trinajstić information content (AvgIpc) is 3.03. The van der Waals surface area contributed by atoms with Crippen molar-refractivity contribution in [2.24, 2.45) is 5.92 Å². The van der Waals surface area contributed by atoms with E-state index < -0.39 is 79.7 Å². The molecular weight excluding hydrogens is 600 g/mol. The number of ketones is 1. The summed E-state index contributed by atoms with van der Waals surface area (Å²) in [7, 11) is 2.78. The van der Waals surface area contributed by atoms with Crippen molar-refractivity contribution in [3.8, 4) is 28.7 Å². The molecule has 2 saturated heterocycles. The first-order valence-electron chi connectivity index (χ1n) is 14.4. The molecule has 0 aliphatic carbocycles. The van der Waals surface area contributed by atoms with E-state index in [4.69, 9.17) is 33.2 Å². The molecule has 7 N–H and O–H groups in total. The van der Waals surface area contributed by atoms with E-state index in [1.165, 1.54) is 20.1 Å². The van der Waals surface area contributed by atoms with Crippen molar-refractivity contribution >= 4 is 5.78 Å². The number of rotatable bonds is 9. The van der Waals surface area contributed by atoms with Crippen LogP contribution in [0.2, 0.25) is 0 Å². The van der Waals surface area contributed by atoms with Crippen LogP contribution in [0, 0.1) is 5.92 Å². The molecule has 15 heteroatoms. The number of aromatic hydroxyl groups is 1. The lowest BCUT2D eigenvalue weighted by Crippen LogP contribution is -2.61. The molecule has 0 bridgehead atoms. The Morgan fingerprint density at radius 3 is 2.18 bits per heavy atom. The molecule has 3 heterocycles. The van der Waals surface area contributed by atoms with E-state index in [0.717, 1.165) is 5.56 Å². The van der Waals surface area contributed by atoms with Crippen molar-refractivity contribution in [2.45, 2.75) is 74.8 Å². The van der Waals surface area contributed by atoms with Crippen LogP contribution in [0.4, 0.5) is 0 Å². The van der Waals surface area contributed by atoms with Crippen LogP contribution in [-0.4, -0.2) is 130 Å². The number of hydrogen-bond acceptors (Lipinski definition) is 15. The molecule has 3 aliphatic rings. The van der Waals surface area contributed by atoms with Crippen LogP contribution in [0.15, 0.2) is 30.3 Å². The molecule has 15 nitrogen and oxygen atoms in total. The maximum Gasteiger partial charge on any atom is 0.229 e. The second-order valence-corrected chi connectivity index (χ2v) is 11.2. The van der Waals surface area contributed by atoms with Crippen LogP contribution in [0.1, 0.15) is 22.8 Å². The predicted octanol–water partition coefficient (Wildman–Crippen LogP) is -1.13. The molecule has 11 atom stereocenters. The minimum absolute atomic E-state index is 0.00310. The van der Waals surface area contributed by atoms with E-state index in [2.05, 4.69) is 0 Å².